The standard InChI is InChI=1S/C23H26N2O5S/c1-16-14-18(8-10-21(16)29-3)31(26,27)25-13-12-24-11-5-6-20(24)23(25)19-15-17(28-2)7-9-22(19)30-4/h5-11,14-15,23H,12-13H2,1-4H3. The molecular formula is C23H26N2O5S. The van der Waals surface area contributed by atoms with Gasteiger partial charge >= 0.3 is 0 Å². The highest BCUT2D eigenvalue weighted by molar-refractivity contribution is 7.89. The number of benzene rings is 2. The van der Waals surface area contributed by atoms with Crippen LogP contribution in [0.4, 0.5) is 0 Å². The molecule has 1 unspecified atom stereocenters. The normalized spacial score (nSPS) is 16.6. The molecule has 4 rings (SSSR count). The summed E-state index contributed by atoms with van der Waals surface area (Å²) in [7, 11) is 0.935. The van der Waals surface area contributed by atoms with Crippen LogP contribution in [0.3, 0.4) is 0 Å². The highest BCUT2D eigenvalue weighted by atomic mass is 32.2. The maximum atomic E-state index is 13.8. The van der Waals surface area contributed by atoms with E-state index in [1.54, 1.807) is 56.0 Å². The first kappa shape index (κ1) is 21.3. The third kappa shape index (κ3) is 3.66. The summed E-state index contributed by atoms with van der Waals surface area (Å²) >= 11 is 0. The largest absolute Gasteiger partial charge is 0.497 e. The van der Waals surface area contributed by atoms with Crippen molar-refractivity contribution < 1.29 is 22.6 Å². The van der Waals surface area contributed by atoms with E-state index < -0.39 is 16.1 Å². The molecule has 0 spiro atoms. The Morgan fingerprint density at radius 1 is 0.903 bits per heavy atom. The van der Waals surface area contributed by atoms with Crippen molar-refractivity contribution in [2.24, 2.45) is 0 Å². The maximum Gasteiger partial charge on any atom is 0.244 e. The topological polar surface area (TPSA) is 70.0 Å². The van der Waals surface area contributed by atoms with Gasteiger partial charge in [-0.25, -0.2) is 8.42 Å². The zero-order chi connectivity index (χ0) is 22.2. The smallest absolute Gasteiger partial charge is 0.244 e. The lowest BCUT2D eigenvalue weighted by Gasteiger charge is -2.37. The number of aromatic nitrogens is 1. The van der Waals surface area contributed by atoms with Crippen molar-refractivity contribution in [1.82, 2.24) is 8.87 Å². The molecule has 7 nitrogen and oxygen atoms in total. The molecule has 2 aromatic carbocycles. The summed E-state index contributed by atoms with van der Waals surface area (Å²) in [5.74, 6) is 1.89. The number of rotatable bonds is 6. The van der Waals surface area contributed by atoms with E-state index in [-0.39, 0.29) is 4.90 Å². The van der Waals surface area contributed by atoms with Gasteiger partial charge in [-0.15, -0.1) is 0 Å². The van der Waals surface area contributed by atoms with Crippen LogP contribution in [0.1, 0.15) is 22.9 Å². The third-order valence-corrected chi connectivity index (χ3v) is 7.56. The van der Waals surface area contributed by atoms with Crippen LogP contribution in [0.15, 0.2) is 59.6 Å². The van der Waals surface area contributed by atoms with E-state index in [0.717, 1.165) is 16.8 Å². The van der Waals surface area contributed by atoms with Crippen molar-refractivity contribution in [1.29, 1.82) is 0 Å². The van der Waals surface area contributed by atoms with Gasteiger partial charge in [0.1, 0.15) is 17.2 Å². The first-order valence-electron chi connectivity index (χ1n) is 9.94. The first-order chi connectivity index (χ1) is 14.9. The van der Waals surface area contributed by atoms with E-state index in [9.17, 15) is 8.42 Å². The zero-order valence-corrected chi connectivity index (χ0v) is 18.8. The Balaban J connectivity index is 1.88. The molecule has 0 amide bonds. The van der Waals surface area contributed by atoms with Gasteiger partial charge in [0.15, 0.2) is 0 Å². The minimum Gasteiger partial charge on any atom is -0.497 e. The molecule has 2 heterocycles. The van der Waals surface area contributed by atoms with Crippen LogP contribution in [0.2, 0.25) is 0 Å². The number of nitrogens with zero attached hydrogens (tertiary/aromatic N) is 2. The summed E-state index contributed by atoms with van der Waals surface area (Å²) in [6, 6.07) is 13.7. The molecule has 3 aromatic rings. The molecule has 0 aliphatic carbocycles. The number of aryl methyl sites for hydroxylation is 1. The molecule has 1 aliphatic heterocycles. The van der Waals surface area contributed by atoms with E-state index in [1.165, 1.54) is 0 Å². The number of hydrogen-bond donors (Lipinski definition) is 0. The molecular weight excluding hydrogens is 416 g/mol. The second kappa shape index (κ2) is 8.28. The lowest BCUT2D eigenvalue weighted by molar-refractivity contribution is 0.289. The fraction of sp³-hybridized carbons (Fsp3) is 0.304. The van der Waals surface area contributed by atoms with Gasteiger partial charge in [0, 0.05) is 30.5 Å². The van der Waals surface area contributed by atoms with Gasteiger partial charge in [0.05, 0.1) is 32.3 Å². The number of methoxy groups -OCH3 is 3. The third-order valence-electron chi connectivity index (χ3n) is 5.70. The van der Waals surface area contributed by atoms with Gasteiger partial charge < -0.3 is 18.8 Å². The summed E-state index contributed by atoms with van der Waals surface area (Å²) in [6.45, 7) is 2.74. The predicted octanol–water partition coefficient (Wildman–Crippen LogP) is 3.62. The number of fused-ring (bicyclic) bond motifs is 1. The number of ether oxygens (including phenoxy) is 3. The summed E-state index contributed by atoms with van der Waals surface area (Å²) in [4.78, 5) is 0.234. The SMILES string of the molecule is COc1ccc(OC)c(C2c3cccn3CCN2S(=O)(=O)c2ccc(OC)c(C)c2)c1. The second-order valence-electron chi connectivity index (χ2n) is 7.38. The first-order valence-corrected chi connectivity index (χ1v) is 11.4. The molecule has 8 heteroatoms. The van der Waals surface area contributed by atoms with Gasteiger partial charge in [-0.05, 0) is 61.0 Å². The van der Waals surface area contributed by atoms with Gasteiger partial charge in [-0.3, -0.25) is 0 Å². The zero-order valence-electron chi connectivity index (χ0n) is 18.0. The Morgan fingerprint density at radius 2 is 1.65 bits per heavy atom. The van der Waals surface area contributed by atoms with Crippen LogP contribution in [-0.2, 0) is 16.6 Å². The van der Waals surface area contributed by atoms with Crippen molar-refractivity contribution in [2.45, 2.75) is 24.4 Å². The average Bonchev–Trinajstić information content (AvgIpc) is 3.26. The molecule has 0 saturated heterocycles. The molecule has 0 bridgehead atoms. The maximum absolute atomic E-state index is 13.8. The van der Waals surface area contributed by atoms with E-state index in [2.05, 4.69) is 4.57 Å². The minimum absolute atomic E-state index is 0.234. The molecule has 1 atom stereocenters. The molecule has 1 aliphatic rings. The van der Waals surface area contributed by atoms with E-state index in [0.29, 0.717) is 30.3 Å². The van der Waals surface area contributed by atoms with Crippen LogP contribution in [0.5, 0.6) is 17.2 Å². The van der Waals surface area contributed by atoms with Gasteiger partial charge in [0.25, 0.3) is 0 Å². The van der Waals surface area contributed by atoms with Crippen molar-refractivity contribution >= 4 is 10.0 Å². The van der Waals surface area contributed by atoms with Gasteiger partial charge in [-0.2, -0.15) is 4.31 Å². The Labute approximate surface area is 182 Å². The fourth-order valence-corrected chi connectivity index (χ4v) is 5.79. The lowest BCUT2D eigenvalue weighted by atomic mass is 10.0. The quantitative estimate of drug-likeness (QED) is 0.583. The Hall–Kier alpha value is -2.97. The molecule has 0 fully saturated rings. The number of hydrogen-bond acceptors (Lipinski definition) is 5. The Kier molecular flexibility index (Phi) is 5.68. The van der Waals surface area contributed by atoms with Crippen LogP contribution in [-0.4, -0.2) is 45.2 Å². The van der Waals surface area contributed by atoms with E-state index in [1.807, 2.05) is 31.3 Å². The monoisotopic (exact) mass is 442 g/mol. The van der Waals surface area contributed by atoms with Crippen LogP contribution < -0.4 is 14.2 Å². The van der Waals surface area contributed by atoms with Crippen molar-refractivity contribution in [2.75, 3.05) is 27.9 Å². The summed E-state index contributed by atoms with van der Waals surface area (Å²) < 4.78 is 47.6. The van der Waals surface area contributed by atoms with Crippen molar-refractivity contribution in [3.8, 4) is 17.2 Å². The molecule has 0 radical (unpaired) electrons. The molecule has 164 valence electrons. The minimum atomic E-state index is -3.80. The van der Waals surface area contributed by atoms with E-state index in [4.69, 9.17) is 14.2 Å². The molecule has 0 saturated carbocycles. The second-order valence-corrected chi connectivity index (χ2v) is 9.27. The van der Waals surface area contributed by atoms with E-state index >= 15 is 0 Å². The lowest BCUT2D eigenvalue weighted by Crippen LogP contribution is -2.42. The van der Waals surface area contributed by atoms with Crippen LogP contribution in [0.25, 0.3) is 0 Å². The molecule has 1 aromatic heterocycles. The Morgan fingerprint density at radius 3 is 2.32 bits per heavy atom. The number of sulfonamides is 1. The van der Waals surface area contributed by atoms with Gasteiger partial charge in [-0.1, -0.05) is 0 Å². The summed E-state index contributed by atoms with van der Waals surface area (Å²) in [5.41, 5.74) is 2.38. The van der Waals surface area contributed by atoms with Crippen molar-refractivity contribution in [3.05, 3.63) is 71.5 Å². The summed E-state index contributed by atoms with van der Waals surface area (Å²) in [5, 5.41) is 0. The highest BCUT2D eigenvalue weighted by Gasteiger charge is 2.39. The molecule has 0 N–H and O–H groups in total. The van der Waals surface area contributed by atoms with Gasteiger partial charge in [0.2, 0.25) is 10.0 Å². The molecule has 31 heavy (non-hydrogen) atoms. The highest BCUT2D eigenvalue weighted by Crippen LogP contribution is 2.41. The van der Waals surface area contributed by atoms with Crippen LogP contribution in [0, 0.1) is 6.92 Å². The average molecular weight is 443 g/mol. The fourth-order valence-electron chi connectivity index (χ4n) is 4.14. The van der Waals surface area contributed by atoms with Crippen molar-refractivity contribution in [3.63, 3.8) is 0 Å². The Bertz CT molecular complexity index is 1200. The summed E-state index contributed by atoms with van der Waals surface area (Å²) in [6.07, 6.45) is 1.97. The predicted molar refractivity (Wildman–Crippen MR) is 117 cm³/mol. The van der Waals surface area contributed by atoms with Crippen LogP contribution >= 0.6 is 0 Å².